The number of likely N-dealkylation sites (tertiary alicyclic amines) is 1. The Bertz CT molecular complexity index is 736. The van der Waals surface area contributed by atoms with Crippen LogP contribution in [0.3, 0.4) is 0 Å². The first-order chi connectivity index (χ1) is 12.0. The molecule has 1 amide bonds. The van der Waals surface area contributed by atoms with Gasteiger partial charge in [0, 0.05) is 31.2 Å². The number of rotatable bonds is 5. The maximum Gasteiger partial charge on any atom is 0.237 e. The van der Waals surface area contributed by atoms with E-state index in [-0.39, 0.29) is 18.0 Å². The van der Waals surface area contributed by atoms with Crippen molar-refractivity contribution in [1.82, 2.24) is 10.2 Å². The van der Waals surface area contributed by atoms with E-state index in [1.165, 1.54) is 0 Å². The third-order valence-corrected chi connectivity index (χ3v) is 4.57. The van der Waals surface area contributed by atoms with Gasteiger partial charge < -0.3 is 15.8 Å². The molecule has 5 nitrogen and oxygen atoms in total. The van der Waals surface area contributed by atoms with Crippen molar-refractivity contribution >= 4 is 17.5 Å². The molecule has 6 heteroatoms. The lowest BCUT2D eigenvalue weighted by molar-refractivity contribution is -0.125. The number of hydrogen-bond acceptors (Lipinski definition) is 4. The minimum Gasteiger partial charge on any atom is -0.457 e. The summed E-state index contributed by atoms with van der Waals surface area (Å²) in [6, 6.07) is 15.0. The minimum absolute atomic E-state index is 0.0153. The first kappa shape index (κ1) is 17.7. The number of benzene rings is 2. The molecule has 0 aromatic heterocycles. The molecule has 1 fully saturated rings. The van der Waals surface area contributed by atoms with Gasteiger partial charge in [0.05, 0.1) is 6.04 Å². The molecule has 1 aliphatic heterocycles. The number of carbonyl (C=O) groups excluding carboxylic acids is 1. The summed E-state index contributed by atoms with van der Waals surface area (Å²) < 4.78 is 5.87. The molecule has 132 valence electrons. The van der Waals surface area contributed by atoms with Crippen LogP contribution < -0.4 is 15.8 Å². The predicted octanol–water partition coefficient (Wildman–Crippen LogP) is 2.78. The fraction of sp³-hybridized carbons (Fsp3) is 0.316. The van der Waals surface area contributed by atoms with Gasteiger partial charge in [0.2, 0.25) is 5.91 Å². The molecule has 1 heterocycles. The van der Waals surface area contributed by atoms with E-state index in [1.807, 2.05) is 36.4 Å². The van der Waals surface area contributed by atoms with Crippen LogP contribution in [0.2, 0.25) is 5.02 Å². The van der Waals surface area contributed by atoms with Crippen molar-refractivity contribution in [3.8, 4) is 11.5 Å². The first-order valence-electron chi connectivity index (χ1n) is 8.29. The Hall–Kier alpha value is -2.08. The van der Waals surface area contributed by atoms with Gasteiger partial charge in [-0.05, 0) is 48.4 Å². The highest BCUT2D eigenvalue weighted by Crippen LogP contribution is 2.26. The van der Waals surface area contributed by atoms with Gasteiger partial charge in [-0.25, -0.2) is 0 Å². The highest BCUT2D eigenvalue weighted by atomic mass is 35.5. The molecule has 1 saturated heterocycles. The van der Waals surface area contributed by atoms with Crippen LogP contribution in [-0.4, -0.2) is 36.5 Å². The summed E-state index contributed by atoms with van der Waals surface area (Å²) in [6.45, 7) is 1.37. The molecule has 0 saturated carbocycles. The summed E-state index contributed by atoms with van der Waals surface area (Å²) >= 11 is 5.89. The summed E-state index contributed by atoms with van der Waals surface area (Å²) in [5.41, 5.74) is 7.13. The van der Waals surface area contributed by atoms with Crippen molar-refractivity contribution in [3.05, 3.63) is 59.1 Å². The van der Waals surface area contributed by atoms with Gasteiger partial charge in [-0.3, -0.25) is 9.69 Å². The van der Waals surface area contributed by atoms with Gasteiger partial charge in [0.15, 0.2) is 0 Å². The first-order valence-corrected chi connectivity index (χ1v) is 8.66. The lowest BCUT2D eigenvalue weighted by Gasteiger charge is -2.23. The molecule has 2 atom stereocenters. The molecule has 3 rings (SSSR count). The Kier molecular flexibility index (Phi) is 5.58. The average molecular weight is 360 g/mol. The number of halogens is 1. The Morgan fingerprint density at radius 3 is 2.76 bits per heavy atom. The number of amides is 1. The second kappa shape index (κ2) is 7.87. The van der Waals surface area contributed by atoms with Gasteiger partial charge in [0.1, 0.15) is 11.5 Å². The van der Waals surface area contributed by atoms with Gasteiger partial charge in [-0.1, -0.05) is 23.7 Å². The van der Waals surface area contributed by atoms with Crippen LogP contribution in [0.15, 0.2) is 48.5 Å². The Morgan fingerprint density at radius 1 is 1.28 bits per heavy atom. The minimum atomic E-state index is -0.180. The number of nitrogens with two attached hydrogens (primary N) is 1. The third kappa shape index (κ3) is 4.51. The van der Waals surface area contributed by atoms with Crippen molar-refractivity contribution in [2.24, 2.45) is 5.73 Å². The van der Waals surface area contributed by atoms with Crippen molar-refractivity contribution in [3.63, 3.8) is 0 Å². The van der Waals surface area contributed by atoms with E-state index in [9.17, 15) is 4.79 Å². The summed E-state index contributed by atoms with van der Waals surface area (Å²) in [5, 5.41) is 3.39. The molecule has 3 N–H and O–H groups in total. The number of ether oxygens (including phenoxy) is 1. The summed E-state index contributed by atoms with van der Waals surface area (Å²) in [7, 11) is 1.66. The van der Waals surface area contributed by atoms with Crippen molar-refractivity contribution in [2.45, 2.75) is 25.0 Å². The SMILES string of the molecule is CNC(=O)[C@@H]1C[C@@H](N)CN1Cc1cccc(Oc2ccc(Cl)cc2)c1. The molecule has 0 unspecified atom stereocenters. The van der Waals surface area contributed by atoms with Gasteiger partial charge in [0.25, 0.3) is 0 Å². The van der Waals surface area contributed by atoms with Gasteiger partial charge in [-0.2, -0.15) is 0 Å². The zero-order chi connectivity index (χ0) is 17.8. The van der Waals surface area contributed by atoms with Gasteiger partial charge in [-0.15, -0.1) is 0 Å². The van der Waals surface area contributed by atoms with Crippen molar-refractivity contribution in [1.29, 1.82) is 0 Å². The third-order valence-electron chi connectivity index (χ3n) is 4.32. The Balaban J connectivity index is 1.70. The summed E-state index contributed by atoms with van der Waals surface area (Å²) in [6.07, 6.45) is 0.681. The smallest absolute Gasteiger partial charge is 0.237 e. The zero-order valence-electron chi connectivity index (χ0n) is 14.1. The molecule has 1 aliphatic rings. The van der Waals surface area contributed by atoms with E-state index in [1.54, 1.807) is 19.2 Å². The maximum atomic E-state index is 12.1. The van der Waals surface area contributed by atoms with Crippen LogP contribution in [0, 0.1) is 0 Å². The van der Waals surface area contributed by atoms with Crippen LogP contribution >= 0.6 is 11.6 Å². The number of hydrogen-bond donors (Lipinski definition) is 2. The Morgan fingerprint density at radius 2 is 2.04 bits per heavy atom. The molecule has 0 bridgehead atoms. The lowest BCUT2D eigenvalue weighted by atomic mass is 10.1. The second-order valence-corrected chi connectivity index (χ2v) is 6.70. The van der Waals surface area contributed by atoms with Crippen LogP contribution in [0.25, 0.3) is 0 Å². The van der Waals surface area contributed by atoms with Crippen LogP contribution in [0.4, 0.5) is 0 Å². The van der Waals surface area contributed by atoms with E-state index in [2.05, 4.69) is 10.2 Å². The number of likely N-dealkylation sites (N-methyl/N-ethyl adjacent to an activating group) is 1. The van der Waals surface area contributed by atoms with E-state index in [4.69, 9.17) is 22.1 Å². The average Bonchev–Trinajstić information content (AvgIpc) is 2.97. The fourth-order valence-corrected chi connectivity index (χ4v) is 3.26. The van der Waals surface area contributed by atoms with E-state index < -0.39 is 0 Å². The molecule has 0 radical (unpaired) electrons. The number of carbonyl (C=O) groups is 1. The fourth-order valence-electron chi connectivity index (χ4n) is 3.13. The van der Waals surface area contributed by atoms with Crippen LogP contribution in [0.1, 0.15) is 12.0 Å². The molecule has 0 aliphatic carbocycles. The van der Waals surface area contributed by atoms with Crippen LogP contribution in [-0.2, 0) is 11.3 Å². The Labute approximate surface area is 152 Å². The van der Waals surface area contributed by atoms with Gasteiger partial charge >= 0.3 is 0 Å². The molecule has 0 spiro atoms. The monoisotopic (exact) mass is 359 g/mol. The maximum absolute atomic E-state index is 12.1. The van der Waals surface area contributed by atoms with E-state index in [0.717, 1.165) is 17.1 Å². The van der Waals surface area contributed by atoms with E-state index >= 15 is 0 Å². The molecule has 25 heavy (non-hydrogen) atoms. The number of nitrogens with zero attached hydrogens (tertiary/aromatic N) is 1. The molecule has 2 aromatic carbocycles. The predicted molar refractivity (Wildman–Crippen MR) is 98.8 cm³/mol. The number of nitrogens with one attached hydrogen (secondary N) is 1. The lowest BCUT2D eigenvalue weighted by Crippen LogP contribution is -2.41. The second-order valence-electron chi connectivity index (χ2n) is 6.26. The van der Waals surface area contributed by atoms with Crippen molar-refractivity contribution in [2.75, 3.05) is 13.6 Å². The molecular weight excluding hydrogens is 338 g/mol. The van der Waals surface area contributed by atoms with E-state index in [0.29, 0.717) is 24.5 Å². The normalized spacial score (nSPS) is 20.4. The highest BCUT2D eigenvalue weighted by Gasteiger charge is 2.34. The topological polar surface area (TPSA) is 67.6 Å². The van der Waals surface area contributed by atoms with Crippen LogP contribution in [0.5, 0.6) is 11.5 Å². The summed E-state index contributed by atoms with van der Waals surface area (Å²) in [4.78, 5) is 14.2. The molecule has 2 aromatic rings. The summed E-state index contributed by atoms with van der Waals surface area (Å²) in [5.74, 6) is 1.49. The zero-order valence-corrected chi connectivity index (χ0v) is 14.9. The molecular formula is C19H22ClN3O2. The largest absolute Gasteiger partial charge is 0.457 e. The highest BCUT2D eigenvalue weighted by molar-refractivity contribution is 6.30. The quantitative estimate of drug-likeness (QED) is 0.861. The van der Waals surface area contributed by atoms with Crippen molar-refractivity contribution < 1.29 is 9.53 Å². The standard InChI is InChI=1S/C19H22ClN3O2/c1-22-19(24)18-10-15(21)12-23(18)11-13-3-2-4-17(9-13)25-16-7-5-14(20)6-8-16/h2-9,15,18H,10-12,21H2,1H3,(H,22,24)/t15-,18+/m1/s1.